The van der Waals surface area contributed by atoms with Gasteiger partial charge >= 0.3 is 0 Å². The van der Waals surface area contributed by atoms with Crippen LogP contribution >= 0.6 is 11.8 Å². The molecule has 1 amide bonds. The number of amides is 1. The summed E-state index contributed by atoms with van der Waals surface area (Å²) in [6.07, 6.45) is 1.53. The van der Waals surface area contributed by atoms with Crippen LogP contribution in [-0.2, 0) is 0 Å². The molecule has 0 aliphatic carbocycles. The van der Waals surface area contributed by atoms with Crippen LogP contribution in [0.4, 0.5) is 15.8 Å². The van der Waals surface area contributed by atoms with E-state index in [4.69, 9.17) is 0 Å². The lowest BCUT2D eigenvalue weighted by Crippen LogP contribution is -2.43. The van der Waals surface area contributed by atoms with Crippen molar-refractivity contribution in [3.05, 3.63) is 89.7 Å². The molecule has 3 aromatic carbocycles. The Labute approximate surface area is 155 Å². The molecule has 1 aliphatic rings. The summed E-state index contributed by atoms with van der Waals surface area (Å²) < 4.78 is 13.8. The highest BCUT2D eigenvalue weighted by Gasteiger charge is 2.34. The number of carbonyl (C=O) groups is 1. The molecule has 1 unspecified atom stereocenters. The first-order valence-electron chi connectivity index (χ1n) is 8.26. The molecule has 4 rings (SSSR count). The molecule has 0 saturated carbocycles. The van der Waals surface area contributed by atoms with E-state index in [2.05, 4.69) is 5.32 Å². The molecule has 130 valence electrons. The Morgan fingerprint density at radius 2 is 1.77 bits per heavy atom. The Morgan fingerprint density at radius 1 is 1.00 bits per heavy atom. The number of hydrogen-bond donors (Lipinski definition) is 1. The smallest absolute Gasteiger partial charge is 0.262 e. The molecule has 1 heterocycles. The van der Waals surface area contributed by atoms with Gasteiger partial charge in [-0.2, -0.15) is 0 Å². The lowest BCUT2D eigenvalue weighted by atomic mass is 10.0. The molecule has 0 bridgehead atoms. The zero-order chi connectivity index (χ0) is 18.1. The van der Waals surface area contributed by atoms with E-state index in [1.54, 1.807) is 28.8 Å². The molecule has 1 N–H and O–H groups in total. The van der Waals surface area contributed by atoms with E-state index in [-0.39, 0.29) is 11.7 Å². The van der Waals surface area contributed by atoms with Gasteiger partial charge in [-0.25, -0.2) is 4.39 Å². The normalized spacial score (nSPS) is 16.2. The lowest BCUT2D eigenvalue weighted by Gasteiger charge is -2.38. The number of thioether (sulfide) groups is 1. The molecule has 0 spiro atoms. The van der Waals surface area contributed by atoms with Crippen molar-refractivity contribution in [3.63, 3.8) is 0 Å². The number of para-hydroxylation sites is 1. The van der Waals surface area contributed by atoms with Gasteiger partial charge < -0.3 is 5.32 Å². The molecule has 1 atom stereocenters. The number of anilines is 2. The van der Waals surface area contributed by atoms with Crippen molar-refractivity contribution < 1.29 is 9.18 Å². The first kappa shape index (κ1) is 16.7. The fourth-order valence-corrected chi connectivity index (χ4v) is 3.58. The highest BCUT2D eigenvalue weighted by molar-refractivity contribution is 7.98. The lowest BCUT2D eigenvalue weighted by molar-refractivity contribution is 0.0975. The van der Waals surface area contributed by atoms with E-state index in [0.29, 0.717) is 11.1 Å². The van der Waals surface area contributed by atoms with Gasteiger partial charge in [0.05, 0.1) is 5.56 Å². The largest absolute Gasteiger partial charge is 0.360 e. The molecule has 26 heavy (non-hydrogen) atoms. The van der Waals surface area contributed by atoms with Gasteiger partial charge in [-0.05, 0) is 60.4 Å². The molecular formula is C21H17FN2OS. The van der Waals surface area contributed by atoms with E-state index < -0.39 is 6.17 Å². The van der Waals surface area contributed by atoms with Crippen LogP contribution < -0.4 is 10.2 Å². The third kappa shape index (κ3) is 2.95. The molecule has 0 fully saturated rings. The Bertz CT molecular complexity index is 958. The van der Waals surface area contributed by atoms with Crippen molar-refractivity contribution in [2.45, 2.75) is 11.1 Å². The number of carbonyl (C=O) groups excluding carboxylic acids is 1. The average Bonchev–Trinajstić information content (AvgIpc) is 2.68. The fraction of sp³-hybridized carbons (Fsp3) is 0.0952. The Morgan fingerprint density at radius 3 is 2.50 bits per heavy atom. The van der Waals surface area contributed by atoms with E-state index >= 15 is 0 Å². The molecule has 0 radical (unpaired) electrons. The molecule has 3 aromatic rings. The van der Waals surface area contributed by atoms with Crippen LogP contribution in [0.1, 0.15) is 22.1 Å². The maximum atomic E-state index is 13.8. The van der Waals surface area contributed by atoms with Gasteiger partial charge in [0.15, 0.2) is 0 Å². The zero-order valence-electron chi connectivity index (χ0n) is 14.1. The topological polar surface area (TPSA) is 32.3 Å². The minimum Gasteiger partial charge on any atom is -0.360 e. The third-order valence-electron chi connectivity index (χ3n) is 4.44. The van der Waals surface area contributed by atoms with Crippen LogP contribution in [0.3, 0.4) is 0 Å². The third-order valence-corrected chi connectivity index (χ3v) is 5.19. The maximum absolute atomic E-state index is 13.8. The monoisotopic (exact) mass is 364 g/mol. The van der Waals surface area contributed by atoms with E-state index in [0.717, 1.165) is 16.3 Å². The molecule has 0 saturated heterocycles. The molecule has 3 nitrogen and oxygen atoms in total. The van der Waals surface area contributed by atoms with E-state index in [9.17, 15) is 9.18 Å². The Hall–Kier alpha value is -2.79. The highest BCUT2D eigenvalue weighted by Crippen LogP contribution is 2.37. The predicted octanol–water partition coefficient (Wildman–Crippen LogP) is 5.32. The maximum Gasteiger partial charge on any atom is 0.262 e. The van der Waals surface area contributed by atoms with Gasteiger partial charge in [-0.15, -0.1) is 11.8 Å². The van der Waals surface area contributed by atoms with Crippen molar-refractivity contribution in [1.29, 1.82) is 0 Å². The van der Waals surface area contributed by atoms with Crippen molar-refractivity contribution in [1.82, 2.24) is 0 Å². The van der Waals surface area contributed by atoms with Crippen LogP contribution in [0.2, 0.25) is 0 Å². The van der Waals surface area contributed by atoms with Gasteiger partial charge in [-0.1, -0.05) is 24.3 Å². The summed E-state index contributed by atoms with van der Waals surface area (Å²) in [6, 6.07) is 21.5. The van der Waals surface area contributed by atoms with Gasteiger partial charge in [0.2, 0.25) is 0 Å². The van der Waals surface area contributed by atoms with Crippen LogP contribution in [0.15, 0.2) is 77.7 Å². The number of hydrogen-bond acceptors (Lipinski definition) is 3. The standard InChI is InChI=1S/C21H17FN2OS/c1-26-17-11-9-16(10-12-17)24-20(14-5-4-6-15(22)13-14)23-19-8-3-2-7-18(19)21(24)25/h2-13,20,23H,1H3. The van der Waals surface area contributed by atoms with Gasteiger partial charge in [0.1, 0.15) is 12.0 Å². The van der Waals surface area contributed by atoms with Crippen molar-refractivity contribution in [2.75, 3.05) is 16.5 Å². The van der Waals surface area contributed by atoms with Crippen LogP contribution in [0, 0.1) is 5.82 Å². The van der Waals surface area contributed by atoms with Crippen LogP contribution in [-0.4, -0.2) is 12.2 Å². The number of halogens is 1. The molecular weight excluding hydrogens is 347 g/mol. The van der Waals surface area contributed by atoms with Crippen molar-refractivity contribution >= 4 is 29.0 Å². The number of nitrogens with zero attached hydrogens (tertiary/aromatic N) is 1. The molecule has 5 heteroatoms. The Kier molecular flexibility index (Phi) is 4.39. The second kappa shape index (κ2) is 6.84. The number of nitrogens with one attached hydrogen (secondary N) is 1. The zero-order valence-corrected chi connectivity index (χ0v) is 15.0. The second-order valence-corrected chi connectivity index (χ2v) is 6.90. The molecule has 0 aromatic heterocycles. The van der Waals surface area contributed by atoms with E-state index in [1.807, 2.05) is 54.8 Å². The minimum absolute atomic E-state index is 0.106. The van der Waals surface area contributed by atoms with Gasteiger partial charge in [0.25, 0.3) is 5.91 Å². The van der Waals surface area contributed by atoms with Crippen molar-refractivity contribution in [3.8, 4) is 0 Å². The first-order chi connectivity index (χ1) is 12.7. The Balaban J connectivity index is 1.84. The summed E-state index contributed by atoms with van der Waals surface area (Å²) >= 11 is 1.64. The summed E-state index contributed by atoms with van der Waals surface area (Å²) in [6.45, 7) is 0. The second-order valence-electron chi connectivity index (χ2n) is 6.02. The van der Waals surface area contributed by atoms with Gasteiger partial charge in [0, 0.05) is 16.3 Å². The minimum atomic E-state index is -0.478. The predicted molar refractivity (Wildman–Crippen MR) is 104 cm³/mol. The summed E-state index contributed by atoms with van der Waals surface area (Å²) in [5.41, 5.74) is 2.82. The summed E-state index contributed by atoms with van der Waals surface area (Å²) in [4.78, 5) is 16.0. The highest BCUT2D eigenvalue weighted by atomic mass is 32.2. The molecule has 1 aliphatic heterocycles. The van der Waals surface area contributed by atoms with Gasteiger partial charge in [-0.3, -0.25) is 9.69 Å². The number of fused-ring (bicyclic) bond motifs is 1. The summed E-state index contributed by atoms with van der Waals surface area (Å²) in [7, 11) is 0. The number of benzene rings is 3. The first-order valence-corrected chi connectivity index (χ1v) is 9.48. The summed E-state index contributed by atoms with van der Waals surface area (Å²) in [5, 5.41) is 3.38. The fourth-order valence-electron chi connectivity index (χ4n) is 3.17. The summed E-state index contributed by atoms with van der Waals surface area (Å²) in [5.74, 6) is -0.432. The van der Waals surface area contributed by atoms with E-state index in [1.165, 1.54) is 12.1 Å². The SMILES string of the molecule is CSc1ccc(N2C(=O)c3ccccc3NC2c2cccc(F)c2)cc1. The van der Waals surface area contributed by atoms with Crippen molar-refractivity contribution in [2.24, 2.45) is 0 Å². The van der Waals surface area contributed by atoms with Crippen LogP contribution in [0.5, 0.6) is 0 Å². The van der Waals surface area contributed by atoms with Crippen LogP contribution in [0.25, 0.3) is 0 Å². The number of rotatable bonds is 3. The average molecular weight is 364 g/mol. The quantitative estimate of drug-likeness (QED) is 0.639.